The van der Waals surface area contributed by atoms with Crippen molar-refractivity contribution in [2.24, 2.45) is 0 Å². The predicted octanol–water partition coefficient (Wildman–Crippen LogP) is 4.46. The number of fused-ring (bicyclic) bond motifs is 1. The fourth-order valence-electron chi connectivity index (χ4n) is 2.95. The molecule has 0 amide bonds. The maximum atomic E-state index is 5.45. The lowest BCUT2D eigenvalue weighted by Crippen LogP contribution is -2.03. The van der Waals surface area contributed by atoms with Crippen LogP contribution in [-0.2, 0) is 13.0 Å². The Hall–Kier alpha value is -2.55. The van der Waals surface area contributed by atoms with Crippen molar-refractivity contribution in [2.45, 2.75) is 26.3 Å². The summed E-state index contributed by atoms with van der Waals surface area (Å²) in [5, 5.41) is 0. The van der Waals surface area contributed by atoms with E-state index in [0.717, 1.165) is 30.6 Å². The molecule has 22 heavy (non-hydrogen) atoms. The number of rotatable bonds is 3. The normalized spacial score (nSPS) is 13.3. The van der Waals surface area contributed by atoms with Gasteiger partial charge in [0.15, 0.2) is 0 Å². The quantitative estimate of drug-likeness (QED) is 0.713. The number of hydrogen-bond acceptors (Lipinski definition) is 2. The van der Waals surface area contributed by atoms with Gasteiger partial charge in [-0.05, 0) is 55.2 Å². The first-order valence-corrected chi connectivity index (χ1v) is 7.65. The lowest BCUT2D eigenvalue weighted by molar-refractivity contribution is 0.573. The van der Waals surface area contributed by atoms with Crippen molar-refractivity contribution < 1.29 is 4.42 Å². The minimum absolute atomic E-state index is 0.685. The van der Waals surface area contributed by atoms with Gasteiger partial charge in [-0.15, -0.1) is 0 Å². The van der Waals surface area contributed by atoms with Crippen molar-refractivity contribution in [3.8, 4) is 11.5 Å². The van der Waals surface area contributed by atoms with Crippen LogP contribution in [0.3, 0.4) is 0 Å². The van der Waals surface area contributed by atoms with Gasteiger partial charge in [-0.1, -0.05) is 18.2 Å². The largest absolute Gasteiger partial charge is 0.444 e. The summed E-state index contributed by atoms with van der Waals surface area (Å²) in [4.78, 5) is 4.36. The highest BCUT2D eigenvalue weighted by atomic mass is 16.3. The summed E-state index contributed by atoms with van der Waals surface area (Å²) in [6.07, 6.45) is 10.7. The lowest BCUT2D eigenvalue weighted by Gasteiger charge is -2.11. The van der Waals surface area contributed by atoms with Crippen LogP contribution < -0.4 is 0 Å². The summed E-state index contributed by atoms with van der Waals surface area (Å²) in [6, 6.07) is 10.7. The second-order valence-corrected chi connectivity index (χ2v) is 5.79. The molecule has 0 saturated carbocycles. The number of benzene rings is 1. The van der Waals surface area contributed by atoms with Gasteiger partial charge in [-0.3, -0.25) is 0 Å². The maximum Gasteiger partial charge on any atom is 0.226 e. The van der Waals surface area contributed by atoms with Crippen LogP contribution in [0.4, 0.5) is 0 Å². The van der Waals surface area contributed by atoms with Crippen LogP contribution >= 0.6 is 0 Å². The van der Waals surface area contributed by atoms with E-state index >= 15 is 0 Å². The molecule has 0 bridgehead atoms. The van der Waals surface area contributed by atoms with Crippen LogP contribution in [0.25, 0.3) is 17.5 Å². The van der Waals surface area contributed by atoms with Gasteiger partial charge in [-0.25, -0.2) is 4.98 Å². The zero-order chi connectivity index (χ0) is 14.9. The van der Waals surface area contributed by atoms with Crippen LogP contribution in [-0.4, -0.2) is 9.55 Å². The molecule has 1 aromatic carbocycles. The molecule has 0 unspecified atom stereocenters. The molecule has 3 aromatic rings. The maximum absolute atomic E-state index is 5.45. The minimum atomic E-state index is 0.685. The molecule has 2 aromatic heterocycles. The zero-order valence-corrected chi connectivity index (χ0v) is 12.6. The number of hydrogen-bond donors (Lipinski definition) is 0. The van der Waals surface area contributed by atoms with Crippen LogP contribution in [0, 0.1) is 6.92 Å². The van der Waals surface area contributed by atoms with E-state index in [0.29, 0.717) is 5.89 Å². The molecule has 4 rings (SSSR count). The average molecular weight is 290 g/mol. The molecule has 0 fully saturated rings. The minimum Gasteiger partial charge on any atom is -0.444 e. The molecular weight excluding hydrogens is 272 g/mol. The molecule has 0 aliphatic heterocycles. The number of aryl methyl sites for hydroxylation is 2. The Morgan fingerprint density at radius 2 is 2.05 bits per heavy atom. The van der Waals surface area contributed by atoms with Gasteiger partial charge in [0.05, 0.1) is 5.69 Å². The molecule has 0 N–H and O–H groups in total. The number of allylic oxidation sites excluding steroid dienone is 1. The molecule has 0 saturated heterocycles. The molecule has 3 nitrogen and oxygen atoms in total. The lowest BCUT2D eigenvalue weighted by atomic mass is 10.0. The fraction of sp³-hybridized carbons (Fsp3) is 0.211. The van der Waals surface area contributed by atoms with Gasteiger partial charge in [0.2, 0.25) is 5.89 Å². The Bertz CT molecular complexity index is 821. The van der Waals surface area contributed by atoms with Gasteiger partial charge >= 0.3 is 0 Å². The highest BCUT2D eigenvalue weighted by Gasteiger charge is 2.10. The van der Waals surface area contributed by atoms with E-state index in [1.165, 1.54) is 16.8 Å². The smallest absolute Gasteiger partial charge is 0.226 e. The van der Waals surface area contributed by atoms with Crippen LogP contribution in [0.5, 0.6) is 0 Å². The molecule has 2 heterocycles. The SMILES string of the molecule is Cc1coc(-c2ccc(Cn3ccc4c3C=CCC4)cc2)n1. The van der Waals surface area contributed by atoms with Crippen LogP contribution in [0.15, 0.2) is 53.3 Å². The van der Waals surface area contributed by atoms with Gasteiger partial charge < -0.3 is 8.98 Å². The molecule has 0 atom stereocenters. The first-order chi connectivity index (χ1) is 10.8. The first-order valence-electron chi connectivity index (χ1n) is 7.65. The van der Waals surface area contributed by atoms with Crippen LogP contribution in [0.1, 0.15) is 28.9 Å². The Kier molecular flexibility index (Phi) is 3.19. The van der Waals surface area contributed by atoms with Gasteiger partial charge in [-0.2, -0.15) is 0 Å². The Morgan fingerprint density at radius 3 is 2.82 bits per heavy atom. The van der Waals surface area contributed by atoms with E-state index < -0.39 is 0 Å². The summed E-state index contributed by atoms with van der Waals surface area (Å²) in [5.74, 6) is 0.685. The molecule has 110 valence electrons. The molecule has 3 heteroatoms. The highest BCUT2D eigenvalue weighted by molar-refractivity contribution is 5.55. The van der Waals surface area contributed by atoms with Gasteiger partial charge in [0, 0.05) is 24.0 Å². The van der Waals surface area contributed by atoms with E-state index in [2.05, 4.69) is 58.2 Å². The van der Waals surface area contributed by atoms with E-state index in [4.69, 9.17) is 4.42 Å². The van der Waals surface area contributed by atoms with Crippen LogP contribution in [0.2, 0.25) is 0 Å². The topological polar surface area (TPSA) is 31.0 Å². The number of oxazole rings is 1. The monoisotopic (exact) mass is 290 g/mol. The Morgan fingerprint density at radius 1 is 1.18 bits per heavy atom. The number of nitrogens with zero attached hydrogens (tertiary/aromatic N) is 2. The van der Waals surface area contributed by atoms with Crippen molar-refractivity contribution >= 4 is 6.08 Å². The molecular formula is C19H18N2O. The van der Waals surface area contributed by atoms with Crippen molar-refractivity contribution in [1.29, 1.82) is 0 Å². The first kappa shape index (κ1) is 13.1. The van der Waals surface area contributed by atoms with E-state index in [1.54, 1.807) is 6.26 Å². The summed E-state index contributed by atoms with van der Waals surface area (Å²) in [7, 11) is 0. The van der Waals surface area contributed by atoms with Crippen molar-refractivity contribution in [2.75, 3.05) is 0 Å². The standard InChI is InChI=1S/C19H18N2O/c1-14-13-22-19(20-14)17-8-6-15(7-9-17)12-21-11-10-16-4-2-3-5-18(16)21/h3,5-11,13H,2,4,12H2,1H3. The summed E-state index contributed by atoms with van der Waals surface area (Å²) < 4.78 is 7.76. The van der Waals surface area contributed by atoms with Crippen molar-refractivity contribution in [3.05, 3.63) is 71.4 Å². The predicted molar refractivity (Wildman–Crippen MR) is 87.6 cm³/mol. The molecule has 1 aliphatic carbocycles. The van der Waals surface area contributed by atoms with Crippen molar-refractivity contribution in [3.63, 3.8) is 0 Å². The second kappa shape index (κ2) is 5.34. The van der Waals surface area contributed by atoms with Crippen molar-refractivity contribution in [1.82, 2.24) is 9.55 Å². The van der Waals surface area contributed by atoms with Gasteiger partial charge in [0.25, 0.3) is 0 Å². The molecule has 1 aliphatic rings. The van der Waals surface area contributed by atoms with E-state index in [1.807, 2.05) is 6.92 Å². The number of aromatic nitrogens is 2. The summed E-state index contributed by atoms with van der Waals surface area (Å²) >= 11 is 0. The third-order valence-electron chi connectivity index (χ3n) is 4.12. The third-order valence-corrected chi connectivity index (χ3v) is 4.12. The third kappa shape index (κ3) is 2.39. The summed E-state index contributed by atoms with van der Waals surface area (Å²) in [5.41, 5.74) is 6.01. The zero-order valence-electron chi connectivity index (χ0n) is 12.6. The second-order valence-electron chi connectivity index (χ2n) is 5.79. The average Bonchev–Trinajstić information content (AvgIpc) is 3.15. The summed E-state index contributed by atoms with van der Waals surface area (Å²) in [6.45, 7) is 2.83. The van der Waals surface area contributed by atoms with E-state index in [9.17, 15) is 0 Å². The van der Waals surface area contributed by atoms with E-state index in [-0.39, 0.29) is 0 Å². The molecule has 0 radical (unpaired) electrons. The highest BCUT2D eigenvalue weighted by Crippen LogP contribution is 2.23. The Balaban J connectivity index is 1.57. The fourth-order valence-corrected chi connectivity index (χ4v) is 2.95. The molecule has 0 spiro atoms. The van der Waals surface area contributed by atoms with Gasteiger partial charge in [0.1, 0.15) is 6.26 Å². The Labute approximate surface area is 129 Å².